The fourth-order valence-electron chi connectivity index (χ4n) is 3.32. The molecule has 1 heterocycles. The number of anilines is 1. The smallest absolute Gasteiger partial charge is 0.341 e. The van der Waals surface area contributed by atoms with E-state index in [0.29, 0.717) is 22.7 Å². The fraction of sp³-hybridized carbons (Fsp3) is 0.409. The number of aryl methyl sites for hydroxylation is 1. The van der Waals surface area contributed by atoms with E-state index in [1.807, 2.05) is 0 Å². The number of thiophene rings is 1. The zero-order valence-electron chi connectivity index (χ0n) is 17.2. The molecule has 6 nitrogen and oxygen atoms in total. The lowest BCUT2D eigenvalue weighted by Crippen LogP contribution is -2.34. The molecular weight excluding hydrogens is 420 g/mol. The number of benzene rings is 1. The van der Waals surface area contributed by atoms with Gasteiger partial charge in [0.1, 0.15) is 10.8 Å². The number of esters is 1. The Morgan fingerprint density at radius 2 is 1.90 bits per heavy atom. The van der Waals surface area contributed by atoms with Gasteiger partial charge in [-0.3, -0.25) is 10.1 Å². The van der Waals surface area contributed by atoms with Crippen molar-refractivity contribution in [3.05, 3.63) is 45.8 Å². The van der Waals surface area contributed by atoms with Crippen LogP contribution in [-0.2, 0) is 17.6 Å². The van der Waals surface area contributed by atoms with E-state index in [4.69, 9.17) is 21.7 Å². The number of fused-ring (bicyclic) bond motifs is 1. The monoisotopic (exact) mass is 446 g/mol. The molecule has 1 aromatic carbocycles. The Morgan fingerprint density at radius 1 is 1.17 bits per heavy atom. The third kappa shape index (κ3) is 5.37. The molecule has 0 saturated carbocycles. The van der Waals surface area contributed by atoms with Gasteiger partial charge in [0.15, 0.2) is 5.11 Å². The summed E-state index contributed by atoms with van der Waals surface area (Å²) in [6.45, 7) is 2.76. The standard InChI is InChI=1S/C22H26N2O4S2/c1-3-4-13-28-15-11-9-14(10-12-15)19(25)23-22(29)24-20-18(21(26)27-2)16-7-5-6-8-17(16)30-20/h9-12H,3-8,13H2,1-2H3,(H2,23,24,25,29). The van der Waals surface area contributed by atoms with Crippen molar-refractivity contribution >= 4 is 45.5 Å². The summed E-state index contributed by atoms with van der Waals surface area (Å²) in [5.74, 6) is 0.0193. The average molecular weight is 447 g/mol. The molecule has 1 aromatic heterocycles. The van der Waals surface area contributed by atoms with Crippen molar-refractivity contribution in [2.24, 2.45) is 0 Å². The number of rotatable bonds is 7. The van der Waals surface area contributed by atoms with E-state index < -0.39 is 0 Å². The molecule has 1 aliphatic rings. The van der Waals surface area contributed by atoms with Gasteiger partial charge in [0.05, 0.1) is 19.3 Å². The van der Waals surface area contributed by atoms with Crippen LogP contribution in [0.2, 0.25) is 0 Å². The molecule has 2 N–H and O–H groups in total. The molecule has 0 radical (unpaired) electrons. The van der Waals surface area contributed by atoms with E-state index in [1.54, 1.807) is 24.3 Å². The van der Waals surface area contributed by atoms with Crippen molar-refractivity contribution in [3.8, 4) is 5.75 Å². The Kier molecular flexibility index (Phi) is 7.81. The largest absolute Gasteiger partial charge is 0.494 e. The molecule has 0 bridgehead atoms. The van der Waals surface area contributed by atoms with Crippen LogP contribution in [0.4, 0.5) is 5.00 Å². The number of carbonyl (C=O) groups excluding carboxylic acids is 2. The molecule has 1 amide bonds. The fourth-order valence-corrected chi connectivity index (χ4v) is 4.86. The first-order chi connectivity index (χ1) is 14.5. The van der Waals surface area contributed by atoms with Crippen LogP contribution in [0.3, 0.4) is 0 Å². The van der Waals surface area contributed by atoms with Gasteiger partial charge in [-0.25, -0.2) is 4.79 Å². The Labute approximate surface area is 186 Å². The van der Waals surface area contributed by atoms with Crippen LogP contribution in [0.15, 0.2) is 24.3 Å². The Morgan fingerprint density at radius 3 is 2.60 bits per heavy atom. The van der Waals surface area contributed by atoms with Crippen molar-refractivity contribution in [2.45, 2.75) is 45.4 Å². The predicted octanol–water partition coefficient (Wildman–Crippen LogP) is 4.72. The van der Waals surface area contributed by atoms with Crippen molar-refractivity contribution in [1.29, 1.82) is 0 Å². The van der Waals surface area contributed by atoms with Gasteiger partial charge >= 0.3 is 5.97 Å². The molecule has 0 saturated heterocycles. The van der Waals surface area contributed by atoms with Gasteiger partial charge < -0.3 is 14.8 Å². The van der Waals surface area contributed by atoms with E-state index in [0.717, 1.165) is 49.8 Å². The van der Waals surface area contributed by atoms with Gasteiger partial charge in [-0.1, -0.05) is 13.3 Å². The predicted molar refractivity (Wildman–Crippen MR) is 123 cm³/mol. The third-order valence-corrected chi connectivity index (χ3v) is 6.31. The van der Waals surface area contributed by atoms with E-state index in [-0.39, 0.29) is 17.0 Å². The van der Waals surface area contributed by atoms with Crippen LogP contribution >= 0.6 is 23.6 Å². The van der Waals surface area contributed by atoms with Crippen molar-refractivity contribution in [1.82, 2.24) is 5.32 Å². The average Bonchev–Trinajstić information content (AvgIpc) is 3.11. The summed E-state index contributed by atoms with van der Waals surface area (Å²) in [7, 11) is 1.37. The number of carbonyl (C=O) groups is 2. The summed E-state index contributed by atoms with van der Waals surface area (Å²) in [5, 5.41) is 6.47. The van der Waals surface area contributed by atoms with Crippen molar-refractivity contribution in [3.63, 3.8) is 0 Å². The van der Waals surface area contributed by atoms with E-state index in [2.05, 4.69) is 17.6 Å². The van der Waals surface area contributed by atoms with Gasteiger partial charge in [0.25, 0.3) is 5.91 Å². The molecule has 1 aliphatic carbocycles. The number of amides is 1. The summed E-state index contributed by atoms with van der Waals surface area (Å²) < 4.78 is 10.6. The first kappa shape index (κ1) is 22.2. The maximum absolute atomic E-state index is 12.5. The second-order valence-corrected chi connectivity index (χ2v) is 8.55. The minimum Gasteiger partial charge on any atom is -0.494 e. The van der Waals surface area contributed by atoms with E-state index in [1.165, 1.54) is 23.3 Å². The molecule has 3 rings (SSSR count). The quantitative estimate of drug-likeness (QED) is 0.364. The number of ether oxygens (including phenoxy) is 2. The number of methoxy groups -OCH3 is 1. The molecule has 0 fully saturated rings. The molecule has 8 heteroatoms. The minimum atomic E-state index is -0.385. The van der Waals surface area contributed by atoms with E-state index in [9.17, 15) is 9.59 Å². The molecule has 0 atom stereocenters. The molecule has 0 spiro atoms. The number of thiocarbonyl (C=S) groups is 1. The summed E-state index contributed by atoms with van der Waals surface area (Å²) in [4.78, 5) is 26.0. The zero-order chi connectivity index (χ0) is 21.5. The first-order valence-electron chi connectivity index (χ1n) is 10.1. The number of hydrogen-bond donors (Lipinski definition) is 2. The number of nitrogens with one attached hydrogen (secondary N) is 2. The molecule has 2 aromatic rings. The Hall–Kier alpha value is -2.45. The SMILES string of the molecule is CCCCOc1ccc(C(=O)NC(=S)Nc2sc3c(c2C(=O)OC)CCCC3)cc1. The lowest BCUT2D eigenvalue weighted by atomic mass is 9.95. The van der Waals surface area contributed by atoms with Crippen LogP contribution in [0.1, 0.15) is 63.8 Å². The van der Waals surface area contributed by atoms with Gasteiger partial charge in [0, 0.05) is 10.4 Å². The van der Waals surface area contributed by atoms with Gasteiger partial charge in [-0.2, -0.15) is 0 Å². The topological polar surface area (TPSA) is 76.7 Å². The zero-order valence-corrected chi connectivity index (χ0v) is 18.8. The summed E-state index contributed by atoms with van der Waals surface area (Å²) in [6, 6.07) is 6.93. The highest BCUT2D eigenvalue weighted by Crippen LogP contribution is 2.38. The molecule has 160 valence electrons. The van der Waals surface area contributed by atoms with Crippen LogP contribution in [0.5, 0.6) is 5.75 Å². The van der Waals surface area contributed by atoms with Crippen molar-refractivity contribution in [2.75, 3.05) is 19.0 Å². The Bertz CT molecular complexity index is 922. The Balaban J connectivity index is 1.65. The second-order valence-electron chi connectivity index (χ2n) is 7.04. The normalized spacial score (nSPS) is 12.6. The van der Waals surface area contributed by atoms with Crippen molar-refractivity contribution < 1.29 is 19.1 Å². The van der Waals surface area contributed by atoms with E-state index >= 15 is 0 Å². The van der Waals surface area contributed by atoms with Gasteiger partial charge in [0.2, 0.25) is 0 Å². The number of hydrogen-bond acceptors (Lipinski definition) is 6. The van der Waals surface area contributed by atoms with Crippen LogP contribution in [0, 0.1) is 0 Å². The van der Waals surface area contributed by atoms with Crippen LogP contribution in [-0.4, -0.2) is 30.7 Å². The first-order valence-corrected chi connectivity index (χ1v) is 11.3. The molecule has 0 unspecified atom stereocenters. The highest BCUT2D eigenvalue weighted by atomic mass is 32.1. The molecule has 0 aliphatic heterocycles. The lowest BCUT2D eigenvalue weighted by Gasteiger charge is -2.12. The molecule has 30 heavy (non-hydrogen) atoms. The highest BCUT2D eigenvalue weighted by Gasteiger charge is 2.26. The molecular formula is C22H26N2O4S2. The van der Waals surface area contributed by atoms with Gasteiger partial charge in [-0.05, 0) is 74.2 Å². The maximum Gasteiger partial charge on any atom is 0.341 e. The second kappa shape index (κ2) is 10.5. The minimum absolute atomic E-state index is 0.145. The summed E-state index contributed by atoms with van der Waals surface area (Å²) >= 11 is 6.82. The van der Waals surface area contributed by atoms with Gasteiger partial charge in [-0.15, -0.1) is 11.3 Å². The number of unbranched alkanes of at least 4 members (excludes halogenated alkanes) is 1. The summed E-state index contributed by atoms with van der Waals surface area (Å²) in [6.07, 6.45) is 6.00. The lowest BCUT2D eigenvalue weighted by molar-refractivity contribution is 0.0601. The maximum atomic E-state index is 12.5. The third-order valence-electron chi connectivity index (χ3n) is 4.90. The van der Waals surface area contributed by atoms with Crippen LogP contribution < -0.4 is 15.4 Å². The highest BCUT2D eigenvalue weighted by molar-refractivity contribution is 7.80. The van der Waals surface area contributed by atoms with Crippen LogP contribution in [0.25, 0.3) is 0 Å². The summed E-state index contributed by atoms with van der Waals surface area (Å²) in [5.41, 5.74) is 2.04.